The molecular formula is C15H28N2O. The minimum absolute atomic E-state index is 0.0838. The topological polar surface area (TPSA) is 55.1 Å². The maximum Gasteiger partial charge on any atom is 0.224 e. The summed E-state index contributed by atoms with van der Waals surface area (Å²) in [5.74, 6) is 0.777. The Morgan fingerprint density at radius 3 is 2.39 bits per heavy atom. The smallest absolute Gasteiger partial charge is 0.224 e. The highest BCUT2D eigenvalue weighted by Gasteiger charge is 2.59. The molecule has 0 radical (unpaired) electrons. The van der Waals surface area contributed by atoms with E-state index in [1.54, 1.807) is 0 Å². The Morgan fingerprint density at radius 1 is 1.33 bits per heavy atom. The molecular weight excluding hydrogens is 224 g/mol. The van der Waals surface area contributed by atoms with Crippen LogP contribution in [0.3, 0.4) is 0 Å². The predicted octanol–water partition coefficient (Wildman–Crippen LogP) is 2.30. The van der Waals surface area contributed by atoms with E-state index < -0.39 is 0 Å². The minimum atomic E-state index is -0.108. The van der Waals surface area contributed by atoms with Crippen molar-refractivity contribution in [1.82, 2.24) is 5.32 Å². The molecule has 2 aliphatic carbocycles. The fourth-order valence-corrected chi connectivity index (χ4v) is 4.17. The molecule has 5 atom stereocenters. The maximum absolute atomic E-state index is 12.3. The van der Waals surface area contributed by atoms with E-state index in [0.717, 1.165) is 5.92 Å². The zero-order valence-electron chi connectivity index (χ0n) is 12.4. The summed E-state index contributed by atoms with van der Waals surface area (Å²) in [5.41, 5.74) is 6.34. The van der Waals surface area contributed by atoms with Crippen molar-refractivity contribution >= 4 is 5.91 Å². The molecule has 18 heavy (non-hydrogen) atoms. The molecule has 5 unspecified atom stereocenters. The maximum atomic E-state index is 12.3. The third kappa shape index (κ3) is 1.97. The second-order valence-electron chi connectivity index (χ2n) is 7.50. The number of carbonyl (C=O) groups excluding carboxylic acids is 1. The fraction of sp³-hybridized carbons (Fsp3) is 0.933. The van der Waals surface area contributed by atoms with Crippen molar-refractivity contribution in [1.29, 1.82) is 0 Å². The van der Waals surface area contributed by atoms with Gasteiger partial charge in [0.25, 0.3) is 0 Å². The molecule has 2 bridgehead atoms. The van der Waals surface area contributed by atoms with Gasteiger partial charge in [0.15, 0.2) is 0 Å². The molecule has 2 saturated carbocycles. The summed E-state index contributed by atoms with van der Waals surface area (Å²) in [6.45, 7) is 10.8. The average molecular weight is 252 g/mol. The molecule has 0 saturated heterocycles. The number of hydrogen-bond donors (Lipinski definition) is 2. The Hall–Kier alpha value is -0.570. The second kappa shape index (κ2) is 4.22. The number of amides is 1. The Bertz CT molecular complexity index is 346. The first-order chi connectivity index (χ1) is 8.18. The molecule has 0 heterocycles. The minimum Gasteiger partial charge on any atom is -0.352 e. The van der Waals surface area contributed by atoms with Gasteiger partial charge >= 0.3 is 0 Å². The van der Waals surface area contributed by atoms with Crippen molar-refractivity contribution < 1.29 is 4.79 Å². The highest BCUT2D eigenvalue weighted by atomic mass is 16.2. The van der Waals surface area contributed by atoms with Gasteiger partial charge in [-0.2, -0.15) is 0 Å². The van der Waals surface area contributed by atoms with Crippen LogP contribution in [0.2, 0.25) is 0 Å². The van der Waals surface area contributed by atoms with Crippen LogP contribution in [0.25, 0.3) is 0 Å². The number of rotatable bonds is 3. The van der Waals surface area contributed by atoms with Crippen LogP contribution in [0, 0.1) is 22.7 Å². The van der Waals surface area contributed by atoms with E-state index in [2.05, 4.69) is 26.1 Å². The summed E-state index contributed by atoms with van der Waals surface area (Å²) < 4.78 is 0. The molecule has 104 valence electrons. The van der Waals surface area contributed by atoms with Crippen molar-refractivity contribution in [2.75, 3.05) is 0 Å². The van der Waals surface area contributed by atoms with Crippen LogP contribution in [0.1, 0.15) is 53.9 Å². The van der Waals surface area contributed by atoms with Crippen LogP contribution in [0.15, 0.2) is 0 Å². The first kappa shape index (κ1) is 13.9. The SMILES string of the molecule is CC(N)C(C)C(=O)NC1C2(C)CCC(C2)C1(C)C. The monoisotopic (exact) mass is 252 g/mol. The molecule has 0 aliphatic heterocycles. The predicted molar refractivity (Wildman–Crippen MR) is 74.0 cm³/mol. The zero-order chi connectivity index (χ0) is 13.7. The molecule has 0 spiro atoms. The number of nitrogens with one attached hydrogen (secondary N) is 1. The van der Waals surface area contributed by atoms with Gasteiger partial charge in [-0.3, -0.25) is 4.79 Å². The standard InChI is InChI=1S/C15H28N2O/c1-9(10(2)16)12(18)17-13-14(3,4)11-6-7-15(13,5)8-11/h9-11,13H,6-8,16H2,1-5H3,(H,17,18). The lowest BCUT2D eigenvalue weighted by molar-refractivity contribution is -0.127. The van der Waals surface area contributed by atoms with Crippen molar-refractivity contribution in [3.05, 3.63) is 0 Å². The zero-order valence-corrected chi connectivity index (χ0v) is 12.4. The molecule has 2 rings (SSSR count). The van der Waals surface area contributed by atoms with Crippen LogP contribution in [0.5, 0.6) is 0 Å². The van der Waals surface area contributed by atoms with Crippen molar-refractivity contribution in [2.24, 2.45) is 28.4 Å². The summed E-state index contributed by atoms with van der Waals surface area (Å²) >= 11 is 0. The first-order valence-corrected chi connectivity index (χ1v) is 7.24. The van der Waals surface area contributed by atoms with Gasteiger partial charge in [0.2, 0.25) is 5.91 Å². The number of nitrogens with two attached hydrogens (primary N) is 1. The molecule has 0 aromatic carbocycles. The highest BCUT2D eigenvalue weighted by molar-refractivity contribution is 5.79. The first-order valence-electron chi connectivity index (χ1n) is 7.24. The summed E-state index contributed by atoms with van der Waals surface area (Å²) in [6.07, 6.45) is 3.83. The Kier molecular flexibility index (Phi) is 3.25. The van der Waals surface area contributed by atoms with Gasteiger partial charge in [-0.1, -0.05) is 27.7 Å². The molecule has 2 aliphatic rings. The average Bonchev–Trinajstić information content (AvgIpc) is 2.74. The van der Waals surface area contributed by atoms with Crippen molar-refractivity contribution in [3.63, 3.8) is 0 Å². The lowest BCUT2D eigenvalue weighted by atomic mass is 9.68. The molecule has 2 fully saturated rings. The van der Waals surface area contributed by atoms with Crippen LogP contribution in [-0.2, 0) is 4.79 Å². The summed E-state index contributed by atoms with van der Waals surface area (Å²) in [5, 5.41) is 3.30. The van der Waals surface area contributed by atoms with Gasteiger partial charge in [-0.25, -0.2) is 0 Å². The molecule has 0 aromatic rings. The van der Waals surface area contributed by atoms with Gasteiger partial charge in [-0.15, -0.1) is 0 Å². The van der Waals surface area contributed by atoms with E-state index in [9.17, 15) is 4.79 Å². The lowest BCUT2D eigenvalue weighted by Gasteiger charge is -2.43. The van der Waals surface area contributed by atoms with E-state index in [1.165, 1.54) is 19.3 Å². The molecule has 3 N–H and O–H groups in total. The Morgan fingerprint density at radius 2 is 1.94 bits per heavy atom. The molecule has 0 aromatic heterocycles. The van der Waals surface area contributed by atoms with E-state index in [-0.39, 0.29) is 23.3 Å². The van der Waals surface area contributed by atoms with E-state index >= 15 is 0 Å². The van der Waals surface area contributed by atoms with Gasteiger partial charge in [0.1, 0.15) is 0 Å². The van der Waals surface area contributed by atoms with Gasteiger partial charge in [0.05, 0.1) is 0 Å². The third-order valence-corrected chi connectivity index (χ3v) is 5.76. The van der Waals surface area contributed by atoms with Crippen LogP contribution >= 0.6 is 0 Å². The second-order valence-corrected chi connectivity index (χ2v) is 7.50. The normalized spacial score (nSPS) is 40.6. The summed E-state index contributed by atoms with van der Waals surface area (Å²) in [6, 6.07) is 0.219. The number of fused-ring (bicyclic) bond motifs is 2. The van der Waals surface area contributed by atoms with Crippen LogP contribution in [0.4, 0.5) is 0 Å². The third-order valence-electron chi connectivity index (χ3n) is 5.76. The van der Waals surface area contributed by atoms with Crippen molar-refractivity contribution in [2.45, 2.75) is 66.0 Å². The van der Waals surface area contributed by atoms with Gasteiger partial charge in [-0.05, 0) is 42.9 Å². The fourth-order valence-electron chi connectivity index (χ4n) is 4.17. The van der Waals surface area contributed by atoms with Crippen LogP contribution < -0.4 is 11.1 Å². The van der Waals surface area contributed by atoms with Crippen LogP contribution in [-0.4, -0.2) is 18.0 Å². The number of hydrogen-bond acceptors (Lipinski definition) is 2. The molecule has 1 amide bonds. The quantitative estimate of drug-likeness (QED) is 0.810. The molecule has 3 heteroatoms. The highest BCUT2D eigenvalue weighted by Crippen LogP contribution is 2.62. The summed E-state index contributed by atoms with van der Waals surface area (Å²) in [4.78, 5) is 12.3. The van der Waals surface area contributed by atoms with E-state index in [0.29, 0.717) is 11.5 Å². The van der Waals surface area contributed by atoms with Crippen molar-refractivity contribution in [3.8, 4) is 0 Å². The van der Waals surface area contributed by atoms with E-state index in [4.69, 9.17) is 5.73 Å². The largest absolute Gasteiger partial charge is 0.352 e. The Balaban J connectivity index is 2.12. The van der Waals surface area contributed by atoms with E-state index in [1.807, 2.05) is 13.8 Å². The lowest BCUT2D eigenvalue weighted by Crippen LogP contribution is -2.54. The summed E-state index contributed by atoms with van der Waals surface area (Å²) in [7, 11) is 0. The Labute approximate surface area is 111 Å². The molecule has 3 nitrogen and oxygen atoms in total. The van der Waals surface area contributed by atoms with Gasteiger partial charge in [0, 0.05) is 18.0 Å². The van der Waals surface area contributed by atoms with Gasteiger partial charge < -0.3 is 11.1 Å². The number of carbonyl (C=O) groups is 1.